The van der Waals surface area contributed by atoms with Crippen LogP contribution in [0.5, 0.6) is 0 Å². The minimum absolute atomic E-state index is 0.0558. The quantitative estimate of drug-likeness (QED) is 0.665. The Balaban J connectivity index is 2.27. The fourth-order valence-electron chi connectivity index (χ4n) is 2.43. The minimum atomic E-state index is 0.0558. The molecule has 0 unspecified atom stereocenters. The van der Waals surface area contributed by atoms with Gasteiger partial charge in [0.1, 0.15) is 0 Å². The maximum atomic E-state index is 9.52. The zero-order valence-electron chi connectivity index (χ0n) is 10.4. The number of hydrogen-bond donors (Lipinski definition) is 2. The molecule has 90 valence electrons. The van der Waals surface area contributed by atoms with Crippen molar-refractivity contribution >= 4 is 0 Å². The van der Waals surface area contributed by atoms with Crippen LogP contribution in [0.1, 0.15) is 58.8 Å². The highest BCUT2D eigenvalue weighted by Crippen LogP contribution is 2.31. The smallest absolute Gasteiger partial charge is 0.0613 e. The van der Waals surface area contributed by atoms with Gasteiger partial charge in [-0.3, -0.25) is 0 Å². The molecule has 2 N–H and O–H groups in total. The predicted molar refractivity (Wildman–Crippen MR) is 65.0 cm³/mol. The Morgan fingerprint density at radius 3 is 2.47 bits per heavy atom. The molecule has 0 aromatic heterocycles. The van der Waals surface area contributed by atoms with Gasteiger partial charge in [0.05, 0.1) is 6.61 Å². The summed E-state index contributed by atoms with van der Waals surface area (Å²) in [4.78, 5) is 0. The first-order valence-electron chi connectivity index (χ1n) is 6.58. The molecule has 0 saturated heterocycles. The highest BCUT2D eigenvalue weighted by molar-refractivity contribution is 4.91. The highest BCUT2D eigenvalue weighted by Gasteiger charge is 2.32. The zero-order chi connectivity index (χ0) is 11.1. The average molecular weight is 213 g/mol. The maximum Gasteiger partial charge on any atom is 0.0613 e. The molecule has 0 aromatic rings. The normalized spacial score (nSPS) is 31.8. The van der Waals surface area contributed by atoms with E-state index in [9.17, 15) is 5.11 Å². The van der Waals surface area contributed by atoms with E-state index in [0.29, 0.717) is 6.61 Å². The van der Waals surface area contributed by atoms with Crippen LogP contribution >= 0.6 is 0 Å². The van der Waals surface area contributed by atoms with Crippen molar-refractivity contribution in [2.24, 2.45) is 5.92 Å². The molecule has 1 rings (SSSR count). The summed E-state index contributed by atoms with van der Waals surface area (Å²) in [5.74, 6) is 0.849. The molecule has 2 nitrogen and oxygen atoms in total. The highest BCUT2D eigenvalue weighted by atomic mass is 16.3. The summed E-state index contributed by atoms with van der Waals surface area (Å²) in [7, 11) is 0. The third kappa shape index (κ3) is 4.12. The summed E-state index contributed by atoms with van der Waals surface area (Å²) >= 11 is 0. The van der Waals surface area contributed by atoms with Crippen LogP contribution in [-0.2, 0) is 0 Å². The summed E-state index contributed by atoms with van der Waals surface area (Å²) in [5.41, 5.74) is 0.0558. The molecular weight excluding hydrogens is 186 g/mol. The summed E-state index contributed by atoms with van der Waals surface area (Å²) in [5, 5.41) is 13.1. The van der Waals surface area contributed by atoms with E-state index in [1.165, 1.54) is 32.1 Å². The average Bonchev–Trinajstić information content (AvgIpc) is 2.28. The number of hydrogen-bond acceptors (Lipinski definition) is 2. The number of aliphatic hydroxyl groups is 1. The van der Waals surface area contributed by atoms with E-state index in [1.807, 2.05) is 0 Å². The van der Waals surface area contributed by atoms with Crippen molar-refractivity contribution in [1.82, 2.24) is 5.32 Å². The third-order valence-corrected chi connectivity index (χ3v) is 3.81. The van der Waals surface area contributed by atoms with Crippen LogP contribution in [0.4, 0.5) is 0 Å². The second-order valence-electron chi connectivity index (χ2n) is 5.25. The van der Waals surface area contributed by atoms with E-state index < -0.39 is 0 Å². The van der Waals surface area contributed by atoms with E-state index in [2.05, 4.69) is 19.2 Å². The van der Waals surface area contributed by atoms with E-state index in [0.717, 1.165) is 25.3 Å². The first-order chi connectivity index (χ1) is 7.22. The van der Waals surface area contributed by atoms with Gasteiger partial charge in [0, 0.05) is 5.54 Å². The number of unbranched alkanes of at least 4 members (excludes halogenated alkanes) is 2. The molecule has 0 radical (unpaired) electrons. The number of nitrogens with one attached hydrogen (secondary N) is 1. The molecule has 1 saturated carbocycles. The van der Waals surface area contributed by atoms with Gasteiger partial charge in [-0.2, -0.15) is 0 Å². The van der Waals surface area contributed by atoms with Gasteiger partial charge in [-0.25, -0.2) is 0 Å². The van der Waals surface area contributed by atoms with E-state index in [4.69, 9.17) is 0 Å². The first kappa shape index (κ1) is 13.0. The third-order valence-electron chi connectivity index (χ3n) is 3.81. The predicted octanol–water partition coefficient (Wildman–Crippen LogP) is 2.71. The number of aliphatic hydroxyl groups excluding tert-OH is 1. The Kier molecular flexibility index (Phi) is 5.62. The van der Waals surface area contributed by atoms with E-state index in [1.54, 1.807) is 0 Å². The van der Waals surface area contributed by atoms with E-state index in [-0.39, 0.29) is 5.54 Å². The van der Waals surface area contributed by atoms with Crippen molar-refractivity contribution in [3.05, 3.63) is 0 Å². The Labute approximate surface area is 94.5 Å². The molecule has 15 heavy (non-hydrogen) atoms. The molecule has 1 fully saturated rings. The lowest BCUT2D eigenvalue weighted by atomic mass is 9.77. The van der Waals surface area contributed by atoms with Gasteiger partial charge >= 0.3 is 0 Å². The fraction of sp³-hybridized carbons (Fsp3) is 1.00. The van der Waals surface area contributed by atoms with Gasteiger partial charge in [0.2, 0.25) is 0 Å². The van der Waals surface area contributed by atoms with Gasteiger partial charge in [-0.15, -0.1) is 0 Å². The Morgan fingerprint density at radius 1 is 1.27 bits per heavy atom. The van der Waals surface area contributed by atoms with Gasteiger partial charge in [-0.05, 0) is 44.6 Å². The summed E-state index contributed by atoms with van der Waals surface area (Å²) < 4.78 is 0. The van der Waals surface area contributed by atoms with Crippen LogP contribution < -0.4 is 5.32 Å². The van der Waals surface area contributed by atoms with Crippen molar-refractivity contribution in [1.29, 1.82) is 0 Å². The fourth-order valence-corrected chi connectivity index (χ4v) is 2.43. The number of rotatable bonds is 6. The molecule has 0 atom stereocenters. The molecule has 0 aromatic carbocycles. The second-order valence-corrected chi connectivity index (χ2v) is 5.25. The topological polar surface area (TPSA) is 32.3 Å². The summed E-state index contributed by atoms with van der Waals surface area (Å²) in [6.45, 7) is 5.93. The van der Waals surface area contributed by atoms with Gasteiger partial charge in [0.15, 0.2) is 0 Å². The van der Waals surface area contributed by atoms with Crippen molar-refractivity contribution in [3.63, 3.8) is 0 Å². The van der Waals surface area contributed by atoms with Crippen LogP contribution in [0.3, 0.4) is 0 Å². The van der Waals surface area contributed by atoms with Crippen LogP contribution in [-0.4, -0.2) is 23.8 Å². The summed E-state index contributed by atoms with van der Waals surface area (Å²) in [6.07, 6.45) is 8.64. The Morgan fingerprint density at radius 2 is 1.93 bits per heavy atom. The van der Waals surface area contributed by atoms with Gasteiger partial charge in [-0.1, -0.05) is 26.7 Å². The molecule has 0 aliphatic heterocycles. The molecular formula is C13H27NO. The van der Waals surface area contributed by atoms with E-state index >= 15 is 0 Å². The summed E-state index contributed by atoms with van der Waals surface area (Å²) in [6, 6.07) is 0. The Bertz CT molecular complexity index is 162. The van der Waals surface area contributed by atoms with Crippen molar-refractivity contribution in [2.45, 2.75) is 64.3 Å². The largest absolute Gasteiger partial charge is 0.394 e. The maximum absolute atomic E-state index is 9.52. The van der Waals surface area contributed by atoms with Crippen LogP contribution in [0.25, 0.3) is 0 Å². The zero-order valence-corrected chi connectivity index (χ0v) is 10.4. The lowest BCUT2D eigenvalue weighted by molar-refractivity contribution is 0.105. The molecule has 0 spiro atoms. The first-order valence-corrected chi connectivity index (χ1v) is 6.58. The van der Waals surface area contributed by atoms with Crippen LogP contribution in [0, 0.1) is 5.92 Å². The minimum Gasteiger partial charge on any atom is -0.394 e. The molecule has 1 aliphatic rings. The molecule has 2 heteroatoms. The van der Waals surface area contributed by atoms with Crippen molar-refractivity contribution in [3.8, 4) is 0 Å². The van der Waals surface area contributed by atoms with Gasteiger partial charge < -0.3 is 10.4 Å². The van der Waals surface area contributed by atoms with Crippen LogP contribution in [0.15, 0.2) is 0 Å². The standard InChI is InChI=1S/C13H27NO/c1-3-4-5-10-14-13(11-15)8-6-12(2)7-9-13/h12,14-15H,3-11H2,1-2H3. The SMILES string of the molecule is CCCCCNC1(CO)CCC(C)CC1. The molecule has 0 heterocycles. The van der Waals surface area contributed by atoms with Crippen molar-refractivity contribution in [2.75, 3.05) is 13.2 Å². The lowest BCUT2D eigenvalue weighted by Crippen LogP contribution is -2.51. The second kappa shape index (κ2) is 6.49. The van der Waals surface area contributed by atoms with Crippen molar-refractivity contribution < 1.29 is 5.11 Å². The lowest BCUT2D eigenvalue weighted by Gasteiger charge is -2.39. The monoisotopic (exact) mass is 213 g/mol. The molecule has 0 amide bonds. The molecule has 0 bridgehead atoms. The molecule has 1 aliphatic carbocycles. The van der Waals surface area contributed by atoms with Crippen LogP contribution in [0.2, 0.25) is 0 Å². The Hall–Kier alpha value is -0.0800. The van der Waals surface area contributed by atoms with Gasteiger partial charge in [0.25, 0.3) is 0 Å².